The van der Waals surface area contributed by atoms with Gasteiger partial charge in [0.25, 0.3) is 0 Å². The molecule has 1 rings (SSSR count). The minimum Gasteiger partial charge on any atom is -0.466 e. The van der Waals surface area contributed by atoms with Gasteiger partial charge in [0, 0.05) is 18.7 Å². The number of hydrogen-bond acceptors (Lipinski definition) is 4. The van der Waals surface area contributed by atoms with Gasteiger partial charge in [0.2, 0.25) is 0 Å². The summed E-state index contributed by atoms with van der Waals surface area (Å²) in [5.74, 6) is -0.148. The molecule has 0 aliphatic carbocycles. The lowest BCUT2D eigenvalue weighted by Gasteiger charge is -2.21. The maximum atomic E-state index is 11.4. The van der Waals surface area contributed by atoms with E-state index in [2.05, 4.69) is 11.8 Å². The van der Waals surface area contributed by atoms with Crippen LogP contribution >= 0.6 is 0 Å². The van der Waals surface area contributed by atoms with Gasteiger partial charge >= 0.3 is 5.97 Å². The Morgan fingerprint density at radius 1 is 1.20 bits per heavy atom. The molecule has 0 saturated carbocycles. The third kappa shape index (κ3) is 5.97. The smallest absolute Gasteiger partial charge is 0.307 e. The second kappa shape index (κ2) is 9.26. The van der Waals surface area contributed by atoms with Gasteiger partial charge in [-0.2, -0.15) is 0 Å². The topological polar surface area (TPSA) is 46.6 Å². The van der Waals surface area contributed by atoms with Crippen molar-refractivity contribution in [2.24, 2.45) is 0 Å². The Morgan fingerprint density at radius 2 is 1.90 bits per heavy atom. The minimum atomic E-state index is -0.148. The molecule has 4 nitrogen and oxygen atoms in total. The Morgan fingerprint density at radius 3 is 2.45 bits per heavy atom. The van der Waals surface area contributed by atoms with Crippen molar-refractivity contribution in [3.63, 3.8) is 0 Å². The third-order valence-corrected chi connectivity index (χ3v) is 3.00. The van der Waals surface area contributed by atoms with Crippen molar-refractivity contribution in [2.75, 3.05) is 19.7 Å². The van der Waals surface area contributed by atoms with Crippen LogP contribution in [0, 0.1) is 0 Å². The van der Waals surface area contributed by atoms with Crippen LogP contribution in [0.5, 0.6) is 0 Å². The second-order valence-electron chi connectivity index (χ2n) is 4.69. The summed E-state index contributed by atoms with van der Waals surface area (Å²) >= 11 is 0. The highest BCUT2D eigenvalue weighted by Gasteiger charge is 2.09. The summed E-state index contributed by atoms with van der Waals surface area (Å²) in [6, 6.07) is 7.54. The van der Waals surface area contributed by atoms with E-state index in [-0.39, 0.29) is 5.97 Å². The molecule has 0 spiro atoms. The molecule has 0 aliphatic rings. The zero-order valence-corrected chi connectivity index (χ0v) is 12.3. The number of esters is 1. The van der Waals surface area contributed by atoms with Crippen LogP contribution < -0.4 is 0 Å². The molecule has 0 bridgehead atoms. The summed E-state index contributed by atoms with van der Waals surface area (Å²) in [7, 11) is 0. The van der Waals surface area contributed by atoms with Crippen molar-refractivity contribution in [2.45, 2.75) is 33.2 Å². The number of rotatable bonds is 9. The largest absolute Gasteiger partial charge is 0.466 e. The van der Waals surface area contributed by atoms with Gasteiger partial charge < -0.3 is 4.74 Å². The van der Waals surface area contributed by atoms with E-state index < -0.39 is 0 Å². The van der Waals surface area contributed by atoms with E-state index in [1.54, 1.807) is 0 Å². The van der Waals surface area contributed by atoms with E-state index in [1.165, 1.54) is 0 Å². The van der Waals surface area contributed by atoms with Crippen LogP contribution in [0.25, 0.3) is 0 Å². The molecule has 0 aliphatic heterocycles. The highest BCUT2D eigenvalue weighted by molar-refractivity contribution is 5.74. The molecule has 0 fully saturated rings. The first-order valence-corrected chi connectivity index (χ1v) is 7.11. The number of carbonyl (C=O) groups is 2. The van der Waals surface area contributed by atoms with Crippen LogP contribution in [0.3, 0.4) is 0 Å². The molecule has 1 aromatic carbocycles. The van der Waals surface area contributed by atoms with Crippen LogP contribution in [-0.4, -0.2) is 36.9 Å². The van der Waals surface area contributed by atoms with Crippen LogP contribution in [0.4, 0.5) is 0 Å². The minimum absolute atomic E-state index is 0.148. The highest BCUT2D eigenvalue weighted by Crippen LogP contribution is 2.08. The molecule has 0 unspecified atom stereocenters. The van der Waals surface area contributed by atoms with Crippen molar-refractivity contribution in [3.8, 4) is 0 Å². The Labute approximate surface area is 120 Å². The predicted molar refractivity (Wildman–Crippen MR) is 78.6 cm³/mol. The lowest BCUT2D eigenvalue weighted by atomic mass is 10.1. The van der Waals surface area contributed by atoms with Crippen molar-refractivity contribution in [1.29, 1.82) is 0 Å². The second-order valence-corrected chi connectivity index (χ2v) is 4.69. The van der Waals surface area contributed by atoms with Crippen molar-refractivity contribution in [1.82, 2.24) is 4.90 Å². The van der Waals surface area contributed by atoms with Crippen molar-refractivity contribution < 1.29 is 14.3 Å². The summed E-state index contributed by atoms with van der Waals surface area (Å²) in [6.45, 7) is 6.78. The fourth-order valence-electron chi connectivity index (χ4n) is 2.03. The number of carbonyl (C=O) groups excluding carboxylic acids is 2. The number of benzene rings is 1. The van der Waals surface area contributed by atoms with E-state index >= 15 is 0 Å². The standard InChI is InChI=1S/C16H23NO3/c1-3-10-17(11-9-16(19)20-4-2)12-14-5-7-15(13-18)8-6-14/h5-8,13H,3-4,9-12H2,1-2H3. The average Bonchev–Trinajstić information content (AvgIpc) is 2.46. The predicted octanol–water partition coefficient (Wildman–Crippen LogP) is 2.66. The number of ether oxygens (including phenoxy) is 1. The van der Waals surface area contributed by atoms with E-state index in [0.29, 0.717) is 25.1 Å². The van der Waals surface area contributed by atoms with Crippen LogP contribution in [0.2, 0.25) is 0 Å². The van der Waals surface area contributed by atoms with E-state index in [4.69, 9.17) is 4.74 Å². The first-order valence-electron chi connectivity index (χ1n) is 7.11. The molecule has 4 heteroatoms. The molecule has 110 valence electrons. The normalized spacial score (nSPS) is 10.6. The number of hydrogen-bond donors (Lipinski definition) is 0. The SMILES string of the molecule is CCCN(CCC(=O)OCC)Cc1ccc(C=O)cc1. The van der Waals surface area contributed by atoms with Gasteiger partial charge in [-0.25, -0.2) is 0 Å². The zero-order valence-electron chi connectivity index (χ0n) is 12.3. The highest BCUT2D eigenvalue weighted by atomic mass is 16.5. The average molecular weight is 277 g/mol. The maximum Gasteiger partial charge on any atom is 0.307 e. The molecular weight excluding hydrogens is 254 g/mol. The Balaban J connectivity index is 2.52. The lowest BCUT2D eigenvalue weighted by Crippen LogP contribution is -2.27. The molecule has 0 heterocycles. The molecule has 1 aromatic rings. The molecule has 20 heavy (non-hydrogen) atoms. The van der Waals surface area contributed by atoms with Crippen LogP contribution in [0.15, 0.2) is 24.3 Å². The van der Waals surface area contributed by atoms with E-state index in [0.717, 1.165) is 31.4 Å². The summed E-state index contributed by atoms with van der Waals surface area (Å²) in [6.07, 6.45) is 2.30. The van der Waals surface area contributed by atoms with E-state index in [9.17, 15) is 9.59 Å². The molecule has 0 saturated heterocycles. The Kier molecular flexibility index (Phi) is 7.58. The van der Waals surface area contributed by atoms with Gasteiger partial charge in [-0.05, 0) is 25.5 Å². The number of nitrogens with zero attached hydrogens (tertiary/aromatic N) is 1. The molecule has 0 atom stereocenters. The molecule has 0 amide bonds. The van der Waals surface area contributed by atoms with Gasteiger partial charge in [-0.15, -0.1) is 0 Å². The van der Waals surface area contributed by atoms with E-state index in [1.807, 2.05) is 31.2 Å². The summed E-state index contributed by atoms with van der Waals surface area (Å²) in [5.41, 5.74) is 1.83. The monoisotopic (exact) mass is 277 g/mol. The fraction of sp³-hybridized carbons (Fsp3) is 0.500. The molecule has 0 aromatic heterocycles. The van der Waals surface area contributed by atoms with Gasteiger partial charge in [0.05, 0.1) is 13.0 Å². The van der Waals surface area contributed by atoms with Crippen LogP contribution in [0.1, 0.15) is 42.6 Å². The van der Waals surface area contributed by atoms with Gasteiger partial charge in [-0.1, -0.05) is 31.2 Å². The number of aldehydes is 1. The third-order valence-electron chi connectivity index (χ3n) is 3.00. The summed E-state index contributed by atoms with van der Waals surface area (Å²) in [4.78, 5) is 24.2. The first-order chi connectivity index (χ1) is 9.69. The fourth-order valence-corrected chi connectivity index (χ4v) is 2.03. The van der Waals surface area contributed by atoms with Crippen molar-refractivity contribution >= 4 is 12.3 Å². The Bertz CT molecular complexity index is 414. The summed E-state index contributed by atoms with van der Waals surface area (Å²) in [5, 5.41) is 0. The van der Waals surface area contributed by atoms with Gasteiger partial charge in [0.1, 0.15) is 6.29 Å². The zero-order chi connectivity index (χ0) is 14.8. The lowest BCUT2D eigenvalue weighted by molar-refractivity contribution is -0.143. The van der Waals surface area contributed by atoms with Gasteiger partial charge in [-0.3, -0.25) is 14.5 Å². The molecule has 0 N–H and O–H groups in total. The molecule has 0 radical (unpaired) electrons. The van der Waals surface area contributed by atoms with Gasteiger partial charge in [0.15, 0.2) is 0 Å². The molecular formula is C16H23NO3. The quantitative estimate of drug-likeness (QED) is 0.514. The maximum absolute atomic E-state index is 11.4. The Hall–Kier alpha value is -1.68. The van der Waals surface area contributed by atoms with Crippen molar-refractivity contribution in [3.05, 3.63) is 35.4 Å². The van der Waals surface area contributed by atoms with Crippen LogP contribution in [-0.2, 0) is 16.1 Å². The first kappa shape index (κ1) is 16.4. The summed E-state index contributed by atoms with van der Waals surface area (Å²) < 4.78 is 4.95.